The molecule has 29 heavy (non-hydrogen) atoms. The van der Waals surface area contributed by atoms with Gasteiger partial charge in [-0.1, -0.05) is 0 Å². The Morgan fingerprint density at radius 1 is 0.690 bits per heavy atom. The van der Waals surface area contributed by atoms with Crippen LogP contribution in [0.5, 0.6) is 0 Å². The molecule has 7 heteroatoms. The molecule has 0 saturated carbocycles. The van der Waals surface area contributed by atoms with Crippen molar-refractivity contribution in [3.63, 3.8) is 0 Å². The van der Waals surface area contributed by atoms with E-state index in [2.05, 4.69) is 40.9 Å². The number of carbonyl (C=O) groups is 2. The standard InChI is InChI=1S/4C4H9.2C3H4O2.O.2Sn/c4*1-3-4-2;2*1-2-3(4)5;;;/h4*1,3-4H2,2H3;2*2H,1H2,(H,4,5);;;/q;;;;;;;;+2/p-2. The zero-order valence-electron chi connectivity index (χ0n) is 19.1. The van der Waals surface area contributed by atoms with Gasteiger partial charge in [0.15, 0.2) is 0 Å². The fourth-order valence-corrected chi connectivity index (χ4v) is 44.5. The predicted octanol–water partition coefficient (Wildman–Crippen LogP) is 6.55. The Kier molecular flexibility index (Phi) is 16.6. The summed E-state index contributed by atoms with van der Waals surface area (Å²) in [5.41, 5.74) is 0. The molecule has 0 bridgehead atoms. The second-order valence-electron chi connectivity index (χ2n) is 7.63. The fourth-order valence-electron chi connectivity index (χ4n) is 3.35. The van der Waals surface area contributed by atoms with E-state index in [9.17, 15) is 9.59 Å². The fraction of sp³-hybridized carbons (Fsp3) is 0.727. The Balaban J connectivity index is 6.12. The van der Waals surface area contributed by atoms with Crippen LogP contribution in [-0.4, -0.2) is 50.3 Å². The maximum atomic E-state index is 12.2. The van der Waals surface area contributed by atoms with Crippen molar-refractivity contribution in [2.75, 3.05) is 0 Å². The first kappa shape index (κ1) is 29.0. The third-order valence-corrected chi connectivity index (χ3v) is 37.9. The van der Waals surface area contributed by atoms with Gasteiger partial charge >= 0.3 is 190 Å². The Morgan fingerprint density at radius 3 is 1.34 bits per heavy atom. The molecule has 168 valence electrons. The summed E-state index contributed by atoms with van der Waals surface area (Å²) in [6, 6.07) is 0. The van der Waals surface area contributed by atoms with Gasteiger partial charge in [-0.15, -0.1) is 0 Å². The van der Waals surface area contributed by atoms with Crippen LogP contribution in [-0.2, 0) is 17.1 Å². The van der Waals surface area contributed by atoms with Gasteiger partial charge in [0, 0.05) is 0 Å². The second-order valence-corrected chi connectivity index (χ2v) is 29.6. The normalized spacial score (nSPS) is 11.7. The second kappa shape index (κ2) is 16.6. The van der Waals surface area contributed by atoms with E-state index in [1.165, 1.54) is 0 Å². The van der Waals surface area contributed by atoms with Gasteiger partial charge in [0.1, 0.15) is 0 Å². The van der Waals surface area contributed by atoms with Gasteiger partial charge in [-0.2, -0.15) is 0 Å². The third-order valence-electron chi connectivity index (χ3n) is 5.01. The van der Waals surface area contributed by atoms with Crippen molar-refractivity contribution < 1.29 is 17.1 Å². The van der Waals surface area contributed by atoms with Gasteiger partial charge in [-0.25, -0.2) is 0 Å². The summed E-state index contributed by atoms with van der Waals surface area (Å²) >= 11 is -7.63. The van der Waals surface area contributed by atoms with Crippen molar-refractivity contribution >= 4 is 50.3 Å². The third kappa shape index (κ3) is 11.8. The molecule has 0 atom stereocenters. The Labute approximate surface area is 188 Å². The van der Waals surface area contributed by atoms with Crippen LogP contribution < -0.4 is 0 Å². The van der Waals surface area contributed by atoms with Crippen molar-refractivity contribution in [3.05, 3.63) is 25.3 Å². The molecule has 0 aromatic rings. The molecule has 0 amide bonds. The summed E-state index contributed by atoms with van der Waals surface area (Å²) in [6.45, 7) is 15.7. The number of unbranched alkanes of at least 4 members (excludes halogenated alkanes) is 4. The van der Waals surface area contributed by atoms with Crippen LogP contribution in [0, 0.1) is 0 Å². The average Bonchev–Trinajstić information content (AvgIpc) is 2.72. The van der Waals surface area contributed by atoms with Gasteiger partial charge in [0.05, 0.1) is 0 Å². The molecule has 0 radical (unpaired) electrons. The Bertz CT molecular complexity index is 464. The van der Waals surface area contributed by atoms with Gasteiger partial charge in [-0.05, 0) is 0 Å². The minimum absolute atomic E-state index is 0.535. The minimum atomic E-state index is -4.47. The van der Waals surface area contributed by atoms with E-state index < -0.39 is 50.3 Å². The zero-order chi connectivity index (χ0) is 22.2. The zero-order valence-corrected chi connectivity index (χ0v) is 24.8. The average molecular weight is 624 g/mol. The molecule has 0 aromatic carbocycles. The molecule has 0 unspecified atom stereocenters. The first-order chi connectivity index (χ1) is 13.9. The van der Waals surface area contributed by atoms with Crippen LogP contribution in [0.15, 0.2) is 25.3 Å². The summed E-state index contributed by atoms with van der Waals surface area (Å²) in [4.78, 5) is 24.5. The van der Waals surface area contributed by atoms with Crippen molar-refractivity contribution in [2.45, 2.75) is 96.8 Å². The van der Waals surface area contributed by atoms with Gasteiger partial charge in [0.25, 0.3) is 0 Å². The summed E-state index contributed by atoms with van der Waals surface area (Å²) in [5.74, 6) is -1.09. The molecule has 0 N–H and O–H groups in total. The topological polar surface area (TPSA) is 61.8 Å². The van der Waals surface area contributed by atoms with Gasteiger partial charge in [0.2, 0.25) is 0 Å². The summed E-state index contributed by atoms with van der Waals surface area (Å²) < 4.78 is 22.5. The Hall–Kier alpha value is -0.0226. The van der Waals surface area contributed by atoms with Crippen molar-refractivity contribution in [2.24, 2.45) is 0 Å². The number of hydrogen-bond donors (Lipinski definition) is 0. The molecule has 0 spiro atoms. The van der Waals surface area contributed by atoms with Crippen molar-refractivity contribution in [3.8, 4) is 0 Å². The molecule has 0 fully saturated rings. The van der Waals surface area contributed by atoms with E-state index in [0.29, 0.717) is 4.44 Å². The van der Waals surface area contributed by atoms with E-state index in [1.54, 1.807) is 0 Å². The molecule has 0 aromatic heterocycles. The van der Waals surface area contributed by atoms with Crippen molar-refractivity contribution in [1.82, 2.24) is 0 Å². The van der Waals surface area contributed by atoms with Gasteiger partial charge < -0.3 is 0 Å². The Morgan fingerprint density at radius 2 is 1.03 bits per heavy atom. The summed E-state index contributed by atoms with van der Waals surface area (Å²) in [7, 11) is 0. The molecule has 0 aliphatic rings. The van der Waals surface area contributed by atoms with E-state index >= 15 is 0 Å². The quantitative estimate of drug-likeness (QED) is 0.128. The van der Waals surface area contributed by atoms with Gasteiger partial charge in [-0.3, -0.25) is 0 Å². The number of hydrogen-bond acceptors (Lipinski definition) is 5. The summed E-state index contributed by atoms with van der Waals surface area (Å²) in [6.07, 6.45) is 10.7. The first-order valence-electron chi connectivity index (χ1n) is 11.3. The van der Waals surface area contributed by atoms with Crippen LogP contribution in [0.25, 0.3) is 0 Å². The van der Waals surface area contributed by atoms with Crippen LogP contribution in [0.2, 0.25) is 17.7 Å². The molecule has 0 aliphatic heterocycles. The molecule has 0 saturated heterocycles. The van der Waals surface area contributed by atoms with E-state index in [-0.39, 0.29) is 0 Å². The molecular weight excluding hydrogens is 582 g/mol. The van der Waals surface area contributed by atoms with E-state index in [0.717, 1.165) is 76.8 Å². The summed E-state index contributed by atoms with van der Waals surface area (Å²) in [5, 5.41) is 0. The molecule has 0 aliphatic carbocycles. The number of carbonyl (C=O) groups excluding carboxylic acids is 2. The van der Waals surface area contributed by atoms with Crippen molar-refractivity contribution in [1.29, 1.82) is 0 Å². The molecule has 5 nitrogen and oxygen atoms in total. The number of rotatable bonds is 18. The van der Waals surface area contributed by atoms with E-state index in [4.69, 9.17) is 7.56 Å². The van der Waals surface area contributed by atoms with Crippen LogP contribution in [0.3, 0.4) is 0 Å². The van der Waals surface area contributed by atoms with Crippen LogP contribution >= 0.6 is 0 Å². The SMILES string of the molecule is C=CC(=O)[O][Sn]([CH2]CCC)([O]C(=O)C=C)[O][Sn]([CH2]CCC)([CH2]CCC)[CH2]CCC. The monoisotopic (exact) mass is 626 g/mol. The van der Waals surface area contributed by atoms with E-state index in [1.807, 2.05) is 0 Å². The first-order valence-corrected chi connectivity index (χ1v) is 24.0. The van der Waals surface area contributed by atoms with Crippen LogP contribution in [0.1, 0.15) is 79.1 Å². The maximum absolute atomic E-state index is 12.2. The molecular formula is C22H42O5Sn2. The molecule has 0 rings (SSSR count). The molecule has 0 heterocycles. The van der Waals surface area contributed by atoms with Crippen LogP contribution in [0.4, 0.5) is 0 Å². The predicted molar refractivity (Wildman–Crippen MR) is 124 cm³/mol.